The van der Waals surface area contributed by atoms with Crippen LogP contribution in [0.3, 0.4) is 0 Å². The molecule has 2 aromatic rings. The number of hydrogen-bond donors (Lipinski definition) is 3. The van der Waals surface area contributed by atoms with Gasteiger partial charge in [0.2, 0.25) is 0 Å². The van der Waals surface area contributed by atoms with Gasteiger partial charge in [-0.3, -0.25) is 10.1 Å². The molecule has 126 valence electrons. The van der Waals surface area contributed by atoms with E-state index in [0.29, 0.717) is 22.2 Å². The minimum atomic E-state index is -0.432. The second-order valence-corrected chi connectivity index (χ2v) is 7.19. The number of nitrogens with one attached hydrogen (secondary N) is 2. The number of halogens is 2. The van der Waals surface area contributed by atoms with E-state index in [-0.39, 0.29) is 10.9 Å². The molecule has 24 heavy (non-hydrogen) atoms. The van der Waals surface area contributed by atoms with Gasteiger partial charge in [0.1, 0.15) is 5.75 Å². The molecule has 0 atom stereocenters. The lowest BCUT2D eigenvalue weighted by Crippen LogP contribution is -2.34. The average Bonchev–Trinajstić information content (AvgIpc) is 2.51. The normalized spacial score (nSPS) is 10.5. The Kier molecular flexibility index (Phi) is 6.21. The molecule has 0 spiro atoms. The number of phenols is 1. The molecule has 0 unspecified atom stereocenters. The molecular formula is C17H16BrClN2O2S. The van der Waals surface area contributed by atoms with E-state index in [9.17, 15) is 9.90 Å². The molecule has 0 radical (unpaired) electrons. The van der Waals surface area contributed by atoms with E-state index in [1.807, 2.05) is 19.9 Å². The lowest BCUT2D eigenvalue weighted by molar-refractivity contribution is 0.0978. The number of benzene rings is 2. The van der Waals surface area contributed by atoms with Gasteiger partial charge in [-0.25, -0.2) is 0 Å². The fourth-order valence-corrected chi connectivity index (χ4v) is 2.78. The number of phenolic OH excluding ortho intramolecular Hbond substituents is 1. The summed E-state index contributed by atoms with van der Waals surface area (Å²) in [5.74, 6) is -0.0791. The maximum absolute atomic E-state index is 12.3. The molecule has 0 bridgehead atoms. The van der Waals surface area contributed by atoms with E-state index in [1.54, 1.807) is 30.3 Å². The summed E-state index contributed by atoms with van der Waals surface area (Å²) < 4.78 is 0.734. The van der Waals surface area contributed by atoms with E-state index < -0.39 is 5.91 Å². The van der Waals surface area contributed by atoms with Crippen LogP contribution in [0.5, 0.6) is 5.75 Å². The Hall–Kier alpha value is -1.63. The standard InChI is InChI=1S/C17H16BrClN2O2S/c1-9(2)10-3-6-15(22)14(7-10)20-17(24)21-16(23)12-8-11(18)4-5-13(12)19/h3-9,22H,1-2H3,(H2,20,21,23,24). The average molecular weight is 428 g/mol. The van der Waals surface area contributed by atoms with Gasteiger partial charge in [-0.1, -0.05) is 47.4 Å². The van der Waals surface area contributed by atoms with E-state index in [2.05, 4.69) is 26.6 Å². The fourth-order valence-electron chi connectivity index (χ4n) is 2.01. The van der Waals surface area contributed by atoms with Crippen molar-refractivity contribution in [1.29, 1.82) is 0 Å². The van der Waals surface area contributed by atoms with Crippen LogP contribution in [0.15, 0.2) is 40.9 Å². The van der Waals surface area contributed by atoms with Crippen LogP contribution >= 0.6 is 39.7 Å². The maximum atomic E-state index is 12.3. The van der Waals surface area contributed by atoms with Gasteiger partial charge in [-0.05, 0) is 54.0 Å². The van der Waals surface area contributed by atoms with Gasteiger partial charge in [0.05, 0.1) is 16.3 Å². The summed E-state index contributed by atoms with van der Waals surface area (Å²) in [6.07, 6.45) is 0. The largest absolute Gasteiger partial charge is 0.506 e. The lowest BCUT2D eigenvalue weighted by Gasteiger charge is -2.14. The quantitative estimate of drug-likeness (QED) is 0.473. The number of carbonyl (C=O) groups is 1. The zero-order valence-electron chi connectivity index (χ0n) is 13.1. The molecule has 7 heteroatoms. The molecule has 2 rings (SSSR count). The Balaban J connectivity index is 2.12. The van der Waals surface area contributed by atoms with Crippen molar-refractivity contribution >= 4 is 56.5 Å². The van der Waals surface area contributed by atoms with Gasteiger partial charge < -0.3 is 10.4 Å². The molecule has 0 fully saturated rings. The number of anilines is 1. The molecule has 4 nitrogen and oxygen atoms in total. The van der Waals surface area contributed by atoms with Crippen LogP contribution in [0.4, 0.5) is 5.69 Å². The Morgan fingerprint density at radius 1 is 1.25 bits per heavy atom. The second kappa shape index (κ2) is 7.96. The molecule has 0 aliphatic rings. The first kappa shape index (κ1) is 18.7. The van der Waals surface area contributed by atoms with Crippen LogP contribution < -0.4 is 10.6 Å². The van der Waals surface area contributed by atoms with Crippen molar-refractivity contribution in [2.24, 2.45) is 0 Å². The zero-order chi connectivity index (χ0) is 17.9. The third kappa shape index (κ3) is 4.69. The highest BCUT2D eigenvalue weighted by atomic mass is 79.9. The third-order valence-corrected chi connectivity index (χ3v) is 4.36. The summed E-state index contributed by atoms with van der Waals surface area (Å²) in [6, 6.07) is 10.2. The molecule has 3 N–H and O–H groups in total. The SMILES string of the molecule is CC(C)c1ccc(O)c(NC(=S)NC(=O)c2cc(Br)ccc2Cl)c1. The highest BCUT2D eigenvalue weighted by Gasteiger charge is 2.14. The van der Waals surface area contributed by atoms with Gasteiger partial charge in [-0.15, -0.1) is 0 Å². The minimum absolute atomic E-state index is 0.0523. The number of carbonyl (C=O) groups excluding carboxylic acids is 1. The van der Waals surface area contributed by atoms with E-state index in [1.165, 1.54) is 0 Å². The predicted molar refractivity (Wildman–Crippen MR) is 105 cm³/mol. The fraction of sp³-hybridized carbons (Fsp3) is 0.176. The summed E-state index contributed by atoms with van der Waals surface area (Å²) in [7, 11) is 0. The van der Waals surface area contributed by atoms with Crippen molar-refractivity contribution in [1.82, 2.24) is 5.32 Å². The van der Waals surface area contributed by atoms with E-state index in [0.717, 1.165) is 10.0 Å². The summed E-state index contributed by atoms with van der Waals surface area (Å²) in [4.78, 5) is 12.3. The van der Waals surface area contributed by atoms with Crippen molar-refractivity contribution in [3.63, 3.8) is 0 Å². The Bertz CT molecular complexity index is 796. The number of amides is 1. The molecule has 0 aliphatic heterocycles. The van der Waals surface area contributed by atoms with Gasteiger partial charge in [0, 0.05) is 4.47 Å². The summed E-state index contributed by atoms with van der Waals surface area (Å²) in [6.45, 7) is 4.09. The Labute approximate surface area is 159 Å². The smallest absolute Gasteiger partial charge is 0.258 e. The molecule has 1 amide bonds. The zero-order valence-corrected chi connectivity index (χ0v) is 16.2. The van der Waals surface area contributed by atoms with Gasteiger partial charge in [0.25, 0.3) is 5.91 Å². The van der Waals surface area contributed by atoms with Crippen molar-refractivity contribution in [3.05, 3.63) is 57.0 Å². The third-order valence-electron chi connectivity index (χ3n) is 3.34. The Morgan fingerprint density at radius 2 is 1.96 bits per heavy atom. The van der Waals surface area contributed by atoms with Crippen LogP contribution in [0.2, 0.25) is 5.02 Å². The first-order chi connectivity index (χ1) is 11.3. The van der Waals surface area contributed by atoms with Crippen LogP contribution in [-0.4, -0.2) is 16.1 Å². The highest BCUT2D eigenvalue weighted by Crippen LogP contribution is 2.27. The highest BCUT2D eigenvalue weighted by molar-refractivity contribution is 9.10. The topological polar surface area (TPSA) is 61.4 Å². The number of rotatable bonds is 3. The van der Waals surface area contributed by atoms with Crippen molar-refractivity contribution in [2.75, 3.05) is 5.32 Å². The second-order valence-electron chi connectivity index (χ2n) is 5.46. The molecule has 0 saturated heterocycles. The van der Waals surface area contributed by atoms with Crippen molar-refractivity contribution in [2.45, 2.75) is 19.8 Å². The molecule has 2 aromatic carbocycles. The first-order valence-corrected chi connectivity index (χ1v) is 8.76. The summed E-state index contributed by atoms with van der Waals surface area (Å²) in [5, 5.41) is 15.7. The predicted octanol–water partition coefficient (Wildman–Crippen LogP) is 5.06. The van der Waals surface area contributed by atoms with Crippen LogP contribution in [0, 0.1) is 0 Å². The van der Waals surface area contributed by atoms with Gasteiger partial charge in [-0.2, -0.15) is 0 Å². The van der Waals surface area contributed by atoms with Crippen molar-refractivity contribution < 1.29 is 9.90 Å². The first-order valence-electron chi connectivity index (χ1n) is 7.18. The van der Waals surface area contributed by atoms with Crippen molar-refractivity contribution in [3.8, 4) is 5.75 Å². The Morgan fingerprint density at radius 3 is 2.62 bits per heavy atom. The molecule has 0 aromatic heterocycles. The summed E-state index contributed by atoms with van der Waals surface area (Å²) in [5.41, 5.74) is 1.78. The number of aromatic hydroxyl groups is 1. The van der Waals surface area contributed by atoms with Gasteiger partial charge in [0.15, 0.2) is 5.11 Å². The summed E-state index contributed by atoms with van der Waals surface area (Å²) >= 11 is 14.5. The molecule has 0 saturated carbocycles. The monoisotopic (exact) mass is 426 g/mol. The molecular weight excluding hydrogens is 412 g/mol. The number of hydrogen-bond acceptors (Lipinski definition) is 3. The van der Waals surface area contributed by atoms with Crippen LogP contribution in [-0.2, 0) is 0 Å². The minimum Gasteiger partial charge on any atom is -0.506 e. The van der Waals surface area contributed by atoms with Gasteiger partial charge >= 0.3 is 0 Å². The maximum Gasteiger partial charge on any atom is 0.258 e. The lowest BCUT2D eigenvalue weighted by atomic mass is 10.0. The van der Waals surface area contributed by atoms with E-state index >= 15 is 0 Å². The van der Waals surface area contributed by atoms with Crippen LogP contribution in [0.25, 0.3) is 0 Å². The van der Waals surface area contributed by atoms with E-state index in [4.69, 9.17) is 23.8 Å². The molecule has 0 heterocycles. The molecule has 0 aliphatic carbocycles. The number of thiocarbonyl (C=S) groups is 1. The van der Waals surface area contributed by atoms with Crippen LogP contribution in [0.1, 0.15) is 35.7 Å².